The summed E-state index contributed by atoms with van der Waals surface area (Å²) in [6.07, 6.45) is 1.45. The molecule has 0 radical (unpaired) electrons. The summed E-state index contributed by atoms with van der Waals surface area (Å²) in [6, 6.07) is 2.98. The Morgan fingerprint density at radius 1 is 1.54 bits per heavy atom. The monoisotopic (exact) mass is 196 g/mol. The molecule has 5 N–H and O–H groups in total. The van der Waals surface area contributed by atoms with E-state index in [9.17, 15) is 4.79 Å². The number of carbonyl (C=O) groups excluding carboxylic acids is 1. The van der Waals surface area contributed by atoms with Gasteiger partial charge in [0.1, 0.15) is 5.82 Å². The van der Waals surface area contributed by atoms with E-state index in [2.05, 4.69) is 22.5 Å². The van der Waals surface area contributed by atoms with E-state index in [4.69, 9.17) is 11.5 Å². The largest absolute Gasteiger partial charge is 0.376 e. The van der Waals surface area contributed by atoms with Gasteiger partial charge in [0, 0.05) is 11.8 Å². The van der Waals surface area contributed by atoms with Crippen LogP contribution in [0.5, 0.6) is 0 Å². The van der Waals surface area contributed by atoms with Crippen molar-refractivity contribution in [2.75, 3.05) is 5.32 Å². The Bertz CT molecular complexity index is 352. The zero-order valence-electron chi connectivity index (χ0n) is 6.65. The van der Waals surface area contributed by atoms with E-state index in [1.807, 2.05) is 0 Å². The number of nitrogens with zero attached hydrogens (tertiary/aromatic N) is 1. The lowest BCUT2D eigenvalue weighted by atomic mass is 10.2. The molecule has 0 aliphatic carbocycles. The number of nitrogens with one attached hydrogen (secondary N) is 1. The van der Waals surface area contributed by atoms with Gasteiger partial charge >= 0.3 is 0 Å². The van der Waals surface area contributed by atoms with Crippen LogP contribution in [0.25, 0.3) is 0 Å². The Morgan fingerprint density at radius 2 is 2.23 bits per heavy atom. The number of aromatic nitrogens is 1. The average molecular weight is 196 g/mol. The fraction of sp³-hybridized carbons (Fsp3) is 0. The Morgan fingerprint density at radius 3 is 2.77 bits per heavy atom. The molecule has 0 aromatic carbocycles. The van der Waals surface area contributed by atoms with Crippen LogP contribution in [-0.2, 0) is 0 Å². The zero-order chi connectivity index (χ0) is 9.84. The van der Waals surface area contributed by atoms with Gasteiger partial charge in [-0.1, -0.05) is 0 Å². The number of hydrogen-bond acceptors (Lipinski definition) is 3. The first kappa shape index (κ1) is 9.40. The van der Waals surface area contributed by atoms with Crippen molar-refractivity contribution < 1.29 is 4.79 Å². The molecule has 0 aliphatic rings. The summed E-state index contributed by atoms with van der Waals surface area (Å²) in [4.78, 5) is 14.6. The lowest BCUT2D eigenvalue weighted by Gasteiger charge is -2.02. The number of nitrogens with two attached hydrogens (primary N) is 2. The minimum atomic E-state index is -0.520. The zero-order valence-corrected chi connectivity index (χ0v) is 7.47. The maximum Gasteiger partial charge on any atom is 0.248 e. The standard InChI is InChI=1S/C7H8N4OS/c8-6(12)4-1-2-10-5(3-4)11-7(9)13/h1-3H,(H2,8,12)(H3,9,10,11,13). The third-order valence-electron chi connectivity index (χ3n) is 1.30. The van der Waals surface area contributed by atoms with Crippen molar-refractivity contribution in [3.05, 3.63) is 23.9 Å². The van der Waals surface area contributed by atoms with Crippen LogP contribution in [0, 0.1) is 0 Å². The van der Waals surface area contributed by atoms with Crippen molar-refractivity contribution in [2.45, 2.75) is 0 Å². The van der Waals surface area contributed by atoms with Crippen LogP contribution in [0.1, 0.15) is 10.4 Å². The second kappa shape index (κ2) is 3.81. The third kappa shape index (κ3) is 2.68. The molecule has 13 heavy (non-hydrogen) atoms. The number of primary amides is 1. The van der Waals surface area contributed by atoms with E-state index in [0.29, 0.717) is 11.4 Å². The molecule has 0 spiro atoms. The van der Waals surface area contributed by atoms with Crippen molar-refractivity contribution in [3.63, 3.8) is 0 Å². The molecular weight excluding hydrogens is 188 g/mol. The lowest BCUT2D eigenvalue weighted by Crippen LogP contribution is -2.20. The predicted molar refractivity (Wildman–Crippen MR) is 53.2 cm³/mol. The van der Waals surface area contributed by atoms with Crippen LogP contribution in [-0.4, -0.2) is 16.0 Å². The first-order chi connectivity index (χ1) is 6.09. The highest BCUT2D eigenvalue weighted by molar-refractivity contribution is 7.80. The summed E-state index contributed by atoms with van der Waals surface area (Å²) in [5.74, 6) is -0.114. The average Bonchev–Trinajstić information content (AvgIpc) is 2.03. The number of amides is 1. The summed E-state index contributed by atoms with van der Waals surface area (Å²) in [7, 11) is 0. The Hall–Kier alpha value is -1.69. The quantitative estimate of drug-likeness (QED) is 0.571. The van der Waals surface area contributed by atoms with E-state index in [-0.39, 0.29) is 5.11 Å². The van der Waals surface area contributed by atoms with Gasteiger partial charge in [-0.2, -0.15) is 0 Å². The van der Waals surface area contributed by atoms with Crippen molar-refractivity contribution in [1.82, 2.24) is 4.98 Å². The molecular formula is C7H8N4OS. The van der Waals surface area contributed by atoms with Crippen LogP contribution in [0.2, 0.25) is 0 Å². The van der Waals surface area contributed by atoms with E-state index in [0.717, 1.165) is 0 Å². The molecule has 68 valence electrons. The number of anilines is 1. The Kier molecular flexibility index (Phi) is 2.76. The molecule has 0 saturated heterocycles. The normalized spacial score (nSPS) is 9.23. The minimum Gasteiger partial charge on any atom is -0.376 e. The smallest absolute Gasteiger partial charge is 0.248 e. The number of carbonyl (C=O) groups is 1. The molecule has 0 saturated carbocycles. The summed E-state index contributed by atoms with van der Waals surface area (Å²) < 4.78 is 0. The Balaban J connectivity index is 2.91. The van der Waals surface area contributed by atoms with Crippen molar-refractivity contribution >= 4 is 29.1 Å². The third-order valence-corrected chi connectivity index (χ3v) is 1.40. The molecule has 0 atom stereocenters. The molecule has 1 aromatic rings. The lowest BCUT2D eigenvalue weighted by molar-refractivity contribution is 0.1000. The second-order valence-electron chi connectivity index (χ2n) is 2.28. The molecule has 1 amide bonds. The molecule has 5 nitrogen and oxygen atoms in total. The van der Waals surface area contributed by atoms with E-state index in [1.54, 1.807) is 0 Å². The first-order valence-electron chi connectivity index (χ1n) is 3.42. The Labute approximate surface area is 80.1 Å². The molecule has 1 heterocycles. The van der Waals surface area contributed by atoms with Gasteiger partial charge in [-0.05, 0) is 24.4 Å². The number of hydrogen-bond donors (Lipinski definition) is 3. The highest BCUT2D eigenvalue weighted by atomic mass is 32.1. The molecule has 0 bridgehead atoms. The van der Waals surface area contributed by atoms with E-state index < -0.39 is 5.91 Å². The van der Waals surface area contributed by atoms with E-state index in [1.165, 1.54) is 18.3 Å². The maximum absolute atomic E-state index is 10.7. The van der Waals surface area contributed by atoms with Crippen LogP contribution in [0.4, 0.5) is 5.82 Å². The summed E-state index contributed by atoms with van der Waals surface area (Å²) >= 11 is 4.60. The SMILES string of the molecule is NC(=O)c1ccnc(NC(N)=S)c1. The first-order valence-corrected chi connectivity index (χ1v) is 3.83. The highest BCUT2D eigenvalue weighted by Gasteiger charge is 2.01. The predicted octanol–water partition coefficient (Wildman–Crippen LogP) is -0.164. The number of pyridine rings is 1. The summed E-state index contributed by atoms with van der Waals surface area (Å²) in [5, 5.41) is 2.68. The topological polar surface area (TPSA) is 94.0 Å². The van der Waals surface area contributed by atoms with Gasteiger partial charge in [0.2, 0.25) is 5.91 Å². The van der Waals surface area contributed by atoms with Crippen molar-refractivity contribution in [1.29, 1.82) is 0 Å². The summed E-state index contributed by atoms with van der Waals surface area (Å²) in [6.45, 7) is 0. The summed E-state index contributed by atoms with van der Waals surface area (Å²) in [5.41, 5.74) is 10.6. The molecule has 1 aromatic heterocycles. The van der Waals surface area contributed by atoms with Gasteiger partial charge in [0.15, 0.2) is 5.11 Å². The van der Waals surface area contributed by atoms with Crippen LogP contribution >= 0.6 is 12.2 Å². The molecule has 0 fully saturated rings. The van der Waals surface area contributed by atoms with Crippen LogP contribution in [0.3, 0.4) is 0 Å². The van der Waals surface area contributed by atoms with E-state index >= 15 is 0 Å². The maximum atomic E-state index is 10.7. The highest BCUT2D eigenvalue weighted by Crippen LogP contribution is 2.05. The van der Waals surface area contributed by atoms with Gasteiger partial charge < -0.3 is 16.8 Å². The fourth-order valence-electron chi connectivity index (χ4n) is 0.778. The van der Waals surface area contributed by atoms with Crippen molar-refractivity contribution in [2.24, 2.45) is 11.5 Å². The molecule has 0 aliphatic heterocycles. The van der Waals surface area contributed by atoms with Gasteiger partial charge in [-0.3, -0.25) is 4.79 Å². The molecule has 1 rings (SSSR count). The van der Waals surface area contributed by atoms with Crippen LogP contribution in [0.15, 0.2) is 18.3 Å². The number of thiocarbonyl (C=S) groups is 1. The molecule has 0 unspecified atom stereocenters. The van der Waals surface area contributed by atoms with Gasteiger partial charge in [0.25, 0.3) is 0 Å². The number of rotatable bonds is 2. The fourth-order valence-corrected chi connectivity index (χ4v) is 0.883. The van der Waals surface area contributed by atoms with Gasteiger partial charge in [-0.15, -0.1) is 0 Å². The van der Waals surface area contributed by atoms with Crippen LogP contribution < -0.4 is 16.8 Å². The minimum absolute atomic E-state index is 0.0918. The van der Waals surface area contributed by atoms with Crippen molar-refractivity contribution in [3.8, 4) is 0 Å². The molecule has 6 heteroatoms. The second-order valence-corrected chi connectivity index (χ2v) is 2.72. The van der Waals surface area contributed by atoms with Gasteiger partial charge in [-0.25, -0.2) is 4.98 Å². The van der Waals surface area contributed by atoms with Gasteiger partial charge in [0.05, 0.1) is 0 Å².